The lowest BCUT2D eigenvalue weighted by Crippen LogP contribution is -2.47. The van der Waals surface area contributed by atoms with Crippen molar-refractivity contribution in [1.29, 1.82) is 0 Å². The van der Waals surface area contributed by atoms with Gasteiger partial charge in [-0.1, -0.05) is 0 Å². The van der Waals surface area contributed by atoms with Gasteiger partial charge < -0.3 is 14.5 Å². The van der Waals surface area contributed by atoms with E-state index in [2.05, 4.69) is 5.10 Å². The molecule has 1 aliphatic heterocycles. The molecule has 2 heterocycles. The van der Waals surface area contributed by atoms with Gasteiger partial charge in [-0.15, -0.1) is 0 Å². The van der Waals surface area contributed by atoms with E-state index in [9.17, 15) is 27.6 Å². The summed E-state index contributed by atoms with van der Waals surface area (Å²) in [6.45, 7) is 2.62. The first-order valence-electron chi connectivity index (χ1n) is 10.5. The van der Waals surface area contributed by atoms with E-state index in [1.807, 2.05) is 0 Å². The summed E-state index contributed by atoms with van der Waals surface area (Å²) in [6.07, 6.45) is -2.02. The predicted octanol–water partition coefficient (Wildman–Crippen LogP) is 2.76. The highest BCUT2D eigenvalue weighted by atomic mass is 19.4. The SMILES string of the molecule is CCOC(=O)C1CCCN(C(=O)CN(C)C(=O)c2ccc(-n3ccc(C(F)(F)F)n3)cc2)C1. The van der Waals surface area contributed by atoms with Crippen molar-refractivity contribution in [2.45, 2.75) is 25.9 Å². The molecule has 3 rings (SSSR count). The van der Waals surface area contributed by atoms with Crippen molar-refractivity contribution in [3.63, 3.8) is 0 Å². The van der Waals surface area contributed by atoms with Crippen LogP contribution in [0.25, 0.3) is 5.69 Å². The first-order valence-corrected chi connectivity index (χ1v) is 10.5. The van der Waals surface area contributed by atoms with Gasteiger partial charge in [0.15, 0.2) is 5.69 Å². The number of alkyl halides is 3. The number of nitrogens with zero attached hydrogens (tertiary/aromatic N) is 4. The van der Waals surface area contributed by atoms with Crippen LogP contribution in [0.3, 0.4) is 0 Å². The summed E-state index contributed by atoms with van der Waals surface area (Å²) in [7, 11) is 1.49. The zero-order valence-corrected chi connectivity index (χ0v) is 18.3. The number of rotatable bonds is 6. The van der Waals surface area contributed by atoms with Crippen LogP contribution in [0, 0.1) is 5.92 Å². The molecular formula is C22H25F3N4O4. The summed E-state index contributed by atoms with van der Waals surface area (Å²) >= 11 is 0. The fourth-order valence-electron chi connectivity index (χ4n) is 3.63. The topological polar surface area (TPSA) is 84.7 Å². The van der Waals surface area contributed by atoms with Gasteiger partial charge in [-0.3, -0.25) is 14.4 Å². The molecule has 2 amide bonds. The van der Waals surface area contributed by atoms with E-state index < -0.39 is 17.8 Å². The highest BCUT2D eigenvalue weighted by molar-refractivity contribution is 5.96. The van der Waals surface area contributed by atoms with Crippen LogP contribution in [0.5, 0.6) is 0 Å². The summed E-state index contributed by atoms with van der Waals surface area (Å²) in [4.78, 5) is 40.2. The molecule has 0 radical (unpaired) electrons. The van der Waals surface area contributed by atoms with Crippen LogP contribution in [0.15, 0.2) is 36.5 Å². The molecule has 1 aliphatic rings. The van der Waals surface area contributed by atoms with Crippen LogP contribution in [0.4, 0.5) is 13.2 Å². The predicted molar refractivity (Wildman–Crippen MR) is 111 cm³/mol. The minimum Gasteiger partial charge on any atom is -0.466 e. The molecule has 178 valence electrons. The number of amides is 2. The van der Waals surface area contributed by atoms with Gasteiger partial charge in [0.05, 0.1) is 24.8 Å². The number of piperidine rings is 1. The van der Waals surface area contributed by atoms with Gasteiger partial charge in [-0.05, 0) is 50.1 Å². The van der Waals surface area contributed by atoms with E-state index >= 15 is 0 Å². The maximum Gasteiger partial charge on any atom is 0.435 e. The molecule has 11 heteroatoms. The molecule has 1 atom stereocenters. The Labute approximate surface area is 188 Å². The standard InChI is InChI=1S/C22H25F3N4O4/c1-3-33-21(32)16-5-4-11-28(13-16)19(30)14-27(2)20(31)15-6-8-17(9-7-15)29-12-10-18(26-29)22(23,24)25/h6-10,12,16H,3-5,11,13-14H2,1-2H3. The Bertz CT molecular complexity index is 1000. The van der Waals surface area contributed by atoms with Gasteiger partial charge in [-0.2, -0.15) is 18.3 Å². The molecule has 1 fully saturated rings. The second-order valence-electron chi connectivity index (χ2n) is 7.78. The van der Waals surface area contributed by atoms with Gasteiger partial charge in [0.2, 0.25) is 5.91 Å². The Balaban J connectivity index is 1.60. The van der Waals surface area contributed by atoms with Crippen molar-refractivity contribution in [3.05, 3.63) is 47.8 Å². The monoisotopic (exact) mass is 466 g/mol. The lowest BCUT2D eigenvalue weighted by Gasteiger charge is -2.32. The highest BCUT2D eigenvalue weighted by Crippen LogP contribution is 2.28. The summed E-state index contributed by atoms with van der Waals surface area (Å²) in [6, 6.07) is 6.75. The lowest BCUT2D eigenvalue weighted by atomic mass is 9.98. The van der Waals surface area contributed by atoms with E-state index in [1.54, 1.807) is 11.8 Å². The maximum absolute atomic E-state index is 12.7. The Morgan fingerprint density at radius 3 is 2.48 bits per heavy atom. The van der Waals surface area contributed by atoms with Crippen LogP contribution in [-0.4, -0.2) is 70.7 Å². The van der Waals surface area contributed by atoms with Crippen LogP contribution in [0.1, 0.15) is 35.8 Å². The molecule has 0 saturated carbocycles. The number of hydrogen-bond donors (Lipinski definition) is 0. The van der Waals surface area contributed by atoms with Gasteiger partial charge in [-0.25, -0.2) is 4.68 Å². The molecule has 8 nitrogen and oxygen atoms in total. The van der Waals surface area contributed by atoms with Crippen LogP contribution in [-0.2, 0) is 20.5 Å². The number of esters is 1. The molecule has 0 bridgehead atoms. The van der Waals surface area contributed by atoms with Crippen LogP contribution in [0.2, 0.25) is 0 Å². The number of halogens is 3. The smallest absolute Gasteiger partial charge is 0.435 e. The van der Waals surface area contributed by atoms with Crippen molar-refractivity contribution in [2.24, 2.45) is 5.92 Å². The molecule has 0 aliphatic carbocycles. The zero-order chi connectivity index (χ0) is 24.2. The number of carbonyl (C=O) groups is 3. The average Bonchev–Trinajstić information content (AvgIpc) is 3.30. The largest absolute Gasteiger partial charge is 0.466 e. The van der Waals surface area contributed by atoms with Crippen molar-refractivity contribution < 1.29 is 32.3 Å². The van der Waals surface area contributed by atoms with Gasteiger partial charge >= 0.3 is 12.1 Å². The van der Waals surface area contributed by atoms with Crippen molar-refractivity contribution >= 4 is 17.8 Å². The summed E-state index contributed by atoms with van der Waals surface area (Å²) in [5.41, 5.74) is -0.372. The van der Waals surface area contributed by atoms with Gasteiger partial charge in [0.1, 0.15) is 0 Å². The van der Waals surface area contributed by atoms with E-state index in [0.29, 0.717) is 25.1 Å². The second kappa shape index (κ2) is 10.1. The molecule has 1 aromatic heterocycles. The Kier molecular flexibility index (Phi) is 7.39. The van der Waals surface area contributed by atoms with Crippen molar-refractivity contribution in [2.75, 3.05) is 33.3 Å². The molecule has 2 aromatic rings. The highest BCUT2D eigenvalue weighted by Gasteiger charge is 2.34. The van der Waals surface area contributed by atoms with Crippen molar-refractivity contribution in [1.82, 2.24) is 19.6 Å². The number of likely N-dealkylation sites (tertiary alicyclic amines) is 1. The van der Waals surface area contributed by atoms with Crippen molar-refractivity contribution in [3.8, 4) is 5.69 Å². The second-order valence-corrected chi connectivity index (χ2v) is 7.78. The first-order chi connectivity index (χ1) is 15.6. The third-order valence-corrected chi connectivity index (χ3v) is 5.37. The Hall–Kier alpha value is -3.37. The summed E-state index contributed by atoms with van der Waals surface area (Å²) in [5, 5.41) is 3.50. The number of hydrogen-bond acceptors (Lipinski definition) is 5. The lowest BCUT2D eigenvalue weighted by molar-refractivity contribution is -0.151. The van der Waals surface area contributed by atoms with E-state index in [4.69, 9.17) is 4.74 Å². The van der Waals surface area contributed by atoms with Gasteiger partial charge in [0.25, 0.3) is 5.91 Å². The Morgan fingerprint density at radius 1 is 1.18 bits per heavy atom. The quantitative estimate of drug-likeness (QED) is 0.612. The number of aromatic nitrogens is 2. The molecule has 0 spiro atoms. The molecule has 1 aromatic carbocycles. The minimum absolute atomic E-state index is 0.162. The van der Waals surface area contributed by atoms with Crippen LogP contribution >= 0.6 is 0 Å². The molecule has 1 unspecified atom stereocenters. The number of benzene rings is 1. The minimum atomic E-state index is -4.54. The van der Waals surface area contributed by atoms with E-state index in [-0.39, 0.29) is 43.1 Å². The molecule has 0 N–H and O–H groups in total. The number of likely N-dealkylation sites (N-methyl/N-ethyl adjacent to an activating group) is 1. The molecular weight excluding hydrogens is 441 g/mol. The summed E-state index contributed by atoms with van der Waals surface area (Å²) < 4.78 is 44.3. The fraction of sp³-hybridized carbons (Fsp3) is 0.455. The first kappa shape index (κ1) is 24.3. The van der Waals surface area contributed by atoms with Gasteiger partial charge in [0, 0.05) is 31.9 Å². The van der Waals surface area contributed by atoms with Crippen LogP contribution < -0.4 is 0 Å². The third kappa shape index (κ3) is 5.91. The number of carbonyl (C=O) groups excluding carboxylic acids is 3. The molecule has 1 saturated heterocycles. The maximum atomic E-state index is 12.7. The third-order valence-electron chi connectivity index (χ3n) is 5.37. The zero-order valence-electron chi connectivity index (χ0n) is 18.3. The van der Waals surface area contributed by atoms with E-state index in [1.165, 1.54) is 42.4 Å². The normalized spacial score (nSPS) is 16.4. The van der Waals surface area contributed by atoms with E-state index in [0.717, 1.165) is 10.7 Å². The summed E-state index contributed by atoms with van der Waals surface area (Å²) in [5.74, 6) is -1.37. The molecule has 33 heavy (non-hydrogen) atoms. The average molecular weight is 466 g/mol. The fourth-order valence-corrected chi connectivity index (χ4v) is 3.63. The number of ether oxygens (including phenoxy) is 1. The Morgan fingerprint density at radius 2 is 1.88 bits per heavy atom.